The Bertz CT molecular complexity index is 367. The van der Waals surface area contributed by atoms with Gasteiger partial charge >= 0.3 is 0 Å². The van der Waals surface area contributed by atoms with Crippen molar-refractivity contribution >= 4 is 0 Å². The van der Waals surface area contributed by atoms with Crippen LogP contribution in [0.2, 0.25) is 0 Å². The first-order valence-electron chi connectivity index (χ1n) is 6.82. The molecule has 3 heteroatoms. The summed E-state index contributed by atoms with van der Waals surface area (Å²) in [6.07, 6.45) is 0.543. The maximum absolute atomic E-state index is 10.0. The first-order chi connectivity index (χ1) is 8.82. The van der Waals surface area contributed by atoms with Gasteiger partial charge in [-0.15, -0.1) is 0 Å². The van der Waals surface area contributed by atoms with E-state index in [2.05, 4.69) is 44.9 Å². The SMILES string of the molecule is COc1ccc(CN(C)CCC(O)C(C)(C)C)cc1. The van der Waals surface area contributed by atoms with Crippen LogP contribution in [-0.2, 0) is 6.54 Å². The largest absolute Gasteiger partial charge is 0.497 e. The summed E-state index contributed by atoms with van der Waals surface area (Å²) in [5.74, 6) is 0.884. The molecule has 0 saturated heterocycles. The van der Waals surface area contributed by atoms with E-state index in [1.54, 1.807) is 7.11 Å². The molecule has 0 heterocycles. The van der Waals surface area contributed by atoms with Gasteiger partial charge in [0.1, 0.15) is 5.75 Å². The number of hydrogen-bond acceptors (Lipinski definition) is 3. The highest BCUT2D eigenvalue weighted by atomic mass is 16.5. The fraction of sp³-hybridized carbons (Fsp3) is 0.625. The van der Waals surface area contributed by atoms with E-state index in [0.29, 0.717) is 0 Å². The number of rotatable bonds is 6. The highest BCUT2D eigenvalue weighted by Gasteiger charge is 2.21. The zero-order valence-electron chi connectivity index (χ0n) is 12.8. The van der Waals surface area contributed by atoms with Crippen molar-refractivity contribution in [1.82, 2.24) is 4.90 Å². The lowest BCUT2D eigenvalue weighted by Gasteiger charge is -2.27. The highest BCUT2D eigenvalue weighted by Crippen LogP contribution is 2.21. The van der Waals surface area contributed by atoms with Crippen molar-refractivity contribution in [2.24, 2.45) is 5.41 Å². The van der Waals surface area contributed by atoms with Crippen LogP contribution < -0.4 is 4.74 Å². The lowest BCUT2D eigenvalue weighted by atomic mass is 9.87. The Hall–Kier alpha value is -1.06. The summed E-state index contributed by atoms with van der Waals surface area (Å²) in [6, 6.07) is 8.12. The van der Waals surface area contributed by atoms with Crippen LogP contribution in [0.5, 0.6) is 5.75 Å². The summed E-state index contributed by atoms with van der Waals surface area (Å²) in [6.45, 7) is 7.99. The third-order valence-electron chi connectivity index (χ3n) is 3.40. The van der Waals surface area contributed by atoms with E-state index in [0.717, 1.165) is 25.3 Å². The second-order valence-corrected chi connectivity index (χ2v) is 6.26. The summed E-state index contributed by atoms with van der Waals surface area (Å²) in [7, 11) is 3.76. The zero-order valence-corrected chi connectivity index (χ0v) is 12.8. The number of aliphatic hydroxyl groups excluding tert-OH is 1. The van der Waals surface area contributed by atoms with E-state index in [1.165, 1.54) is 5.56 Å². The van der Waals surface area contributed by atoms with Crippen LogP contribution in [0.4, 0.5) is 0 Å². The predicted octanol–water partition coefficient (Wildman–Crippen LogP) is 2.92. The molecule has 0 fully saturated rings. The number of nitrogens with zero attached hydrogens (tertiary/aromatic N) is 1. The Kier molecular flexibility index (Phi) is 5.83. The molecule has 0 radical (unpaired) electrons. The van der Waals surface area contributed by atoms with Crippen LogP contribution in [0.15, 0.2) is 24.3 Å². The third-order valence-corrected chi connectivity index (χ3v) is 3.40. The van der Waals surface area contributed by atoms with Crippen LogP contribution in [-0.4, -0.2) is 36.8 Å². The third kappa shape index (κ3) is 5.62. The zero-order chi connectivity index (χ0) is 14.5. The molecule has 1 atom stereocenters. The summed E-state index contributed by atoms with van der Waals surface area (Å²) >= 11 is 0. The van der Waals surface area contributed by atoms with Crippen molar-refractivity contribution < 1.29 is 9.84 Å². The first-order valence-corrected chi connectivity index (χ1v) is 6.82. The smallest absolute Gasteiger partial charge is 0.118 e. The number of methoxy groups -OCH3 is 1. The van der Waals surface area contributed by atoms with Gasteiger partial charge in [0.15, 0.2) is 0 Å². The Balaban J connectivity index is 2.40. The molecule has 108 valence electrons. The highest BCUT2D eigenvalue weighted by molar-refractivity contribution is 5.26. The molecule has 19 heavy (non-hydrogen) atoms. The van der Waals surface area contributed by atoms with Gasteiger partial charge in [0.05, 0.1) is 13.2 Å². The molecule has 0 aliphatic rings. The maximum atomic E-state index is 10.0. The minimum Gasteiger partial charge on any atom is -0.497 e. The fourth-order valence-corrected chi connectivity index (χ4v) is 1.90. The molecule has 1 aromatic rings. The first kappa shape index (κ1) is 16.0. The Morgan fingerprint density at radius 1 is 1.21 bits per heavy atom. The number of ether oxygens (including phenoxy) is 1. The molecule has 3 nitrogen and oxygen atoms in total. The van der Waals surface area contributed by atoms with Crippen LogP contribution in [0.1, 0.15) is 32.8 Å². The van der Waals surface area contributed by atoms with E-state index < -0.39 is 0 Å². The van der Waals surface area contributed by atoms with Crippen LogP contribution >= 0.6 is 0 Å². The van der Waals surface area contributed by atoms with Gasteiger partial charge < -0.3 is 14.7 Å². The second kappa shape index (κ2) is 6.92. The molecule has 0 aliphatic carbocycles. The minimum absolute atomic E-state index is 0.0407. The number of hydrogen-bond donors (Lipinski definition) is 1. The molecule has 1 unspecified atom stereocenters. The summed E-state index contributed by atoms with van der Waals surface area (Å²) < 4.78 is 5.14. The van der Waals surface area contributed by atoms with Gasteiger partial charge in [-0.1, -0.05) is 32.9 Å². The van der Waals surface area contributed by atoms with Gasteiger partial charge in [0.25, 0.3) is 0 Å². The molecule has 0 saturated carbocycles. The molecule has 0 bridgehead atoms. The average molecular weight is 265 g/mol. The topological polar surface area (TPSA) is 32.7 Å². The van der Waals surface area contributed by atoms with E-state index >= 15 is 0 Å². The molecule has 1 aromatic carbocycles. The molecular formula is C16H27NO2. The summed E-state index contributed by atoms with van der Waals surface area (Å²) in [5.41, 5.74) is 1.22. The summed E-state index contributed by atoms with van der Waals surface area (Å²) in [4.78, 5) is 2.23. The van der Waals surface area contributed by atoms with Crippen LogP contribution in [0.3, 0.4) is 0 Å². The second-order valence-electron chi connectivity index (χ2n) is 6.26. The molecule has 0 aromatic heterocycles. The van der Waals surface area contributed by atoms with E-state index in [4.69, 9.17) is 4.74 Å². The fourth-order valence-electron chi connectivity index (χ4n) is 1.90. The van der Waals surface area contributed by atoms with Crippen molar-refractivity contribution in [1.29, 1.82) is 0 Å². The van der Waals surface area contributed by atoms with E-state index in [1.807, 2.05) is 12.1 Å². The Morgan fingerprint density at radius 3 is 2.26 bits per heavy atom. The molecule has 1 rings (SSSR count). The van der Waals surface area contributed by atoms with Gasteiger partial charge in [-0.05, 0) is 36.6 Å². The van der Waals surface area contributed by atoms with E-state index in [9.17, 15) is 5.11 Å². The van der Waals surface area contributed by atoms with Gasteiger partial charge in [0, 0.05) is 13.1 Å². The van der Waals surface area contributed by atoms with Gasteiger partial charge in [0.2, 0.25) is 0 Å². The minimum atomic E-state index is -0.259. The Morgan fingerprint density at radius 2 is 1.79 bits per heavy atom. The van der Waals surface area contributed by atoms with Crippen LogP contribution in [0.25, 0.3) is 0 Å². The van der Waals surface area contributed by atoms with Gasteiger partial charge in [-0.3, -0.25) is 0 Å². The van der Waals surface area contributed by atoms with Gasteiger partial charge in [-0.2, -0.15) is 0 Å². The predicted molar refractivity (Wildman–Crippen MR) is 79.4 cm³/mol. The van der Waals surface area contributed by atoms with Crippen molar-refractivity contribution in [3.8, 4) is 5.75 Å². The van der Waals surface area contributed by atoms with E-state index in [-0.39, 0.29) is 11.5 Å². The average Bonchev–Trinajstić information content (AvgIpc) is 2.35. The molecule has 0 spiro atoms. The van der Waals surface area contributed by atoms with Gasteiger partial charge in [-0.25, -0.2) is 0 Å². The monoisotopic (exact) mass is 265 g/mol. The lowest BCUT2D eigenvalue weighted by molar-refractivity contribution is 0.0473. The molecule has 0 aliphatic heterocycles. The van der Waals surface area contributed by atoms with Crippen molar-refractivity contribution in [3.63, 3.8) is 0 Å². The number of benzene rings is 1. The standard InChI is InChI=1S/C16H27NO2/c1-16(2,3)15(18)10-11-17(4)12-13-6-8-14(19-5)9-7-13/h6-9,15,18H,10-12H2,1-5H3. The van der Waals surface area contributed by atoms with Crippen molar-refractivity contribution in [2.45, 2.75) is 39.8 Å². The molecule has 0 amide bonds. The quantitative estimate of drug-likeness (QED) is 0.858. The molecular weight excluding hydrogens is 238 g/mol. The normalized spacial score (nSPS) is 13.6. The van der Waals surface area contributed by atoms with Crippen molar-refractivity contribution in [3.05, 3.63) is 29.8 Å². The maximum Gasteiger partial charge on any atom is 0.118 e. The molecule has 1 N–H and O–H groups in total. The Labute approximate surface area is 117 Å². The lowest BCUT2D eigenvalue weighted by Crippen LogP contribution is -2.30. The summed E-state index contributed by atoms with van der Waals surface area (Å²) in [5, 5.41) is 10.0. The number of aliphatic hydroxyl groups is 1. The van der Waals surface area contributed by atoms with Crippen LogP contribution in [0, 0.1) is 5.41 Å². The van der Waals surface area contributed by atoms with Crippen molar-refractivity contribution in [2.75, 3.05) is 20.7 Å².